The Morgan fingerprint density at radius 3 is 2.50 bits per heavy atom. The van der Waals surface area contributed by atoms with Crippen LogP contribution >= 0.6 is 22.6 Å². The van der Waals surface area contributed by atoms with Crippen LogP contribution in [0.2, 0.25) is 0 Å². The molecule has 2 nitrogen and oxygen atoms in total. The Hall–Kier alpha value is -0.720. The third-order valence-electron chi connectivity index (χ3n) is 1.69. The SMILES string of the molecule is CC(=O)c1c(I)cc(O)cc1C(F)F. The summed E-state index contributed by atoms with van der Waals surface area (Å²) < 4.78 is 25.3. The van der Waals surface area contributed by atoms with Gasteiger partial charge in [0.15, 0.2) is 5.78 Å². The first-order valence-corrected chi connectivity index (χ1v) is 4.83. The smallest absolute Gasteiger partial charge is 0.264 e. The third-order valence-corrected chi connectivity index (χ3v) is 2.54. The summed E-state index contributed by atoms with van der Waals surface area (Å²) in [5.74, 6) is -0.681. The molecule has 0 atom stereocenters. The number of halogens is 3. The van der Waals surface area contributed by atoms with Gasteiger partial charge in [-0.05, 0) is 41.6 Å². The largest absolute Gasteiger partial charge is 0.508 e. The Kier molecular flexibility index (Phi) is 3.41. The van der Waals surface area contributed by atoms with Gasteiger partial charge in [0.05, 0.1) is 0 Å². The lowest BCUT2D eigenvalue weighted by Gasteiger charge is -2.08. The second-order valence-corrected chi connectivity index (χ2v) is 3.91. The second-order valence-electron chi connectivity index (χ2n) is 2.75. The fourth-order valence-corrected chi connectivity index (χ4v) is 2.17. The first-order valence-electron chi connectivity index (χ1n) is 3.75. The summed E-state index contributed by atoms with van der Waals surface area (Å²) in [5.41, 5.74) is -0.430. The van der Waals surface area contributed by atoms with Gasteiger partial charge in [-0.2, -0.15) is 0 Å². The minimum atomic E-state index is -2.76. The van der Waals surface area contributed by atoms with E-state index in [0.717, 1.165) is 6.07 Å². The summed E-state index contributed by atoms with van der Waals surface area (Å²) in [6, 6.07) is 2.20. The Morgan fingerprint density at radius 1 is 1.50 bits per heavy atom. The molecule has 0 fully saturated rings. The van der Waals surface area contributed by atoms with E-state index in [1.807, 2.05) is 0 Å². The number of hydrogen-bond donors (Lipinski definition) is 1. The van der Waals surface area contributed by atoms with Crippen LogP contribution in [-0.4, -0.2) is 10.9 Å². The van der Waals surface area contributed by atoms with Crippen molar-refractivity contribution >= 4 is 28.4 Å². The molecule has 1 N–H and O–H groups in total. The van der Waals surface area contributed by atoms with Crippen molar-refractivity contribution in [3.63, 3.8) is 0 Å². The van der Waals surface area contributed by atoms with Crippen molar-refractivity contribution in [1.29, 1.82) is 0 Å². The lowest BCUT2D eigenvalue weighted by Crippen LogP contribution is -2.03. The average molecular weight is 312 g/mol. The highest BCUT2D eigenvalue weighted by atomic mass is 127. The monoisotopic (exact) mass is 312 g/mol. The van der Waals surface area contributed by atoms with Gasteiger partial charge in [0.1, 0.15) is 5.75 Å². The van der Waals surface area contributed by atoms with Crippen LogP contribution in [-0.2, 0) is 0 Å². The molecule has 1 aromatic rings. The van der Waals surface area contributed by atoms with Gasteiger partial charge in [0.2, 0.25) is 0 Å². The van der Waals surface area contributed by atoms with Crippen LogP contribution in [0.1, 0.15) is 29.3 Å². The number of Topliss-reactive ketones (excluding diaryl/α,β-unsaturated/α-hetero) is 1. The molecule has 0 unspecified atom stereocenters. The summed E-state index contributed by atoms with van der Waals surface area (Å²) in [6.07, 6.45) is -2.76. The second kappa shape index (κ2) is 4.20. The van der Waals surface area contributed by atoms with E-state index in [-0.39, 0.29) is 11.3 Å². The number of ketones is 1. The van der Waals surface area contributed by atoms with Crippen molar-refractivity contribution in [3.8, 4) is 5.75 Å². The predicted octanol–water partition coefficient (Wildman–Crippen LogP) is 3.14. The minimum Gasteiger partial charge on any atom is -0.508 e. The van der Waals surface area contributed by atoms with Crippen molar-refractivity contribution in [1.82, 2.24) is 0 Å². The Morgan fingerprint density at radius 2 is 2.07 bits per heavy atom. The minimum absolute atomic E-state index is 0.0154. The lowest BCUT2D eigenvalue weighted by atomic mass is 10.0. The topological polar surface area (TPSA) is 37.3 Å². The number of aromatic hydroxyl groups is 1. The van der Waals surface area contributed by atoms with E-state index in [9.17, 15) is 13.6 Å². The number of benzene rings is 1. The van der Waals surface area contributed by atoms with Crippen LogP contribution in [0.3, 0.4) is 0 Å². The summed E-state index contributed by atoms with van der Waals surface area (Å²) in [7, 11) is 0. The predicted molar refractivity (Wildman–Crippen MR) is 55.8 cm³/mol. The number of phenolic OH excluding ortho intramolecular Hbond substituents is 1. The molecule has 0 aliphatic carbocycles. The van der Waals surface area contributed by atoms with Crippen LogP contribution < -0.4 is 0 Å². The number of rotatable bonds is 2. The molecule has 5 heteroatoms. The maximum atomic E-state index is 12.5. The zero-order valence-corrected chi connectivity index (χ0v) is 9.38. The molecule has 0 aliphatic rings. The molecule has 0 amide bonds. The van der Waals surface area contributed by atoms with Gasteiger partial charge in [-0.25, -0.2) is 8.78 Å². The summed E-state index contributed by atoms with van der Waals surface area (Å²) in [4.78, 5) is 11.1. The maximum absolute atomic E-state index is 12.5. The number of hydrogen-bond acceptors (Lipinski definition) is 2. The van der Waals surface area contributed by atoms with E-state index in [0.29, 0.717) is 3.57 Å². The fourth-order valence-electron chi connectivity index (χ4n) is 1.16. The Balaban J connectivity index is 3.44. The van der Waals surface area contributed by atoms with Crippen LogP contribution in [0.5, 0.6) is 5.75 Å². The molecule has 76 valence electrons. The third kappa shape index (κ3) is 2.20. The lowest BCUT2D eigenvalue weighted by molar-refractivity contribution is 0.0998. The van der Waals surface area contributed by atoms with E-state index < -0.39 is 17.8 Å². The quantitative estimate of drug-likeness (QED) is 0.673. The van der Waals surface area contributed by atoms with Crippen molar-refractivity contribution in [3.05, 3.63) is 26.8 Å². The molecule has 0 aromatic heterocycles. The molecular formula is C9H7F2IO2. The highest BCUT2D eigenvalue weighted by molar-refractivity contribution is 14.1. The maximum Gasteiger partial charge on any atom is 0.264 e. The Bertz CT molecular complexity index is 377. The van der Waals surface area contributed by atoms with Gasteiger partial charge >= 0.3 is 0 Å². The summed E-state index contributed by atoms with van der Waals surface area (Å²) in [6.45, 7) is 1.22. The number of phenols is 1. The average Bonchev–Trinajstić information content (AvgIpc) is 2.01. The zero-order valence-electron chi connectivity index (χ0n) is 7.22. The van der Waals surface area contributed by atoms with Gasteiger partial charge in [0.25, 0.3) is 6.43 Å². The van der Waals surface area contributed by atoms with Gasteiger partial charge in [0, 0.05) is 14.7 Å². The van der Waals surface area contributed by atoms with Gasteiger partial charge in [-0.3, -0.25) is 4.79 Å². The first kappa shape index (κ1) is 11.4. The van der Waals surface area contributed by atoms with E-state index in [2.05, 4.69) is 0 Å². The Labute approximate surface area is 93.1 Å². The van der Waals surface area contributed by atoms with Crippen molar-refractivity contribution < 1.29 is 18.7 Å². The van der Waals surface area contributed by atoms with Crippen molar-refractivity contribution in [2.75, 3.05) is 0 Å². The fraction of sp³-hybridized carbons (Fsp3) is 0.222. The number of alkyl halides is 2. The first-order chi connectivity index (χ1) is 6.43. The van der Waals surface area contributed by atoms with Crippen molar-refractivity contribution in [2.45, 2.75) is 13.3 Å². The normalized spacial score (nSPS) is 10.6. The number of carbonyl (C=O) groups is 1. The molecular weight excluding hydrogens is 305 g/mol. The van der Waals surface area contributed by atoms with Crippen molar-refractivity contribution in [2.24, 2.45) is 0 Å². The van der Waals surface area contributed by atoms with Crippen LogP contribution in [0.4, 0.5) is 8.78 Å². The van der Waals surface area contributed by atoms with Crippen LogP contribution in [0.25, 0.3) is 0 Å². The molecule has 0 aliphatic heterocycles. The van der Waals surface area contributed by atoms with Gasteiger partial charge < -0.3 is 5.11 Å². The molecule has 0 saturated carbocycles. The standard InChI is InChI=1S/C9H7F2IO2/c1-4(13)8-6(9(10)11)2-5(14)3-7(8)12/h2-3,9,14H,1H3. The molecule has 1 rings (SSSR count). The number of carbonyl (C=O) groups excluding carboxylic acids is 1. The molecule has 0 bridgehead atoms. The van der Waals surface area contributed by atoms with E-state index in [1.165, 1.54) is 13.0 Å². The van der Waals surface area contributed by atoms with E-state index in [1.54, 1.807) is 22.6 Å². The molecule has 0 saturated heterocycles. The summed E-state index contributed by atoms with van der Waals surface area (Å²) in [5, 5.41) is 9.10. The van der Waals surface area contributed by atoms with Gasteiger partial charge in [-0.15, -0.1) is 0 Å². The molecule has 0 spiro atoms. The van der Waals surface area contributed by atoms with E-state index >= 15 is 0 Å². The highest BCUT2D eigenvalue weighted by Crippen LogP contribution is 2.30. The molecule has 0 radical (unpaired) electrons. The zero-order chi connectivity index (χ0) is 10.9. The molecule has 1 aromatic carbocycles. The van der Waals surface area contributed by atoms with Gasteiger partial charge in [-0.1, -0.05) is 0 Å². The summed E-state index contributed by atoms with van der Waals surface area (Å²) >= 11 is 1.75. The molecule has 0 heterocycles. The van der Waals surface area contributed by atoms with E-state index in [4.69, 9.17) is 5.11 Å². The van der Waals surface area contributed by atoms with Crippen LogP contribution in [0, 0.1) is 3.57 Å². The highest BCUT2D eigenvalue weighted by Gasteiger charge is 2.19. The molecule has 14 heavy (non-hydrogen) atoms. The van der Waals surface area contributed by atoms with Crippen LogP contribution in [0.15, 0.2) is 12.1 Å².